The Morgan fingerprint density at radius 1 is 1.07 bits per heavy atom. The number of hydrogen-bond donors (Lipinski definition) is 1. The molecule has 0 unspecified atom stereocenters. The molecule has 8 nitrogen and oxygen atoms in total. The highest BCUT2D eigenvalue weighted by Crippen LogP contribution is 2.23. The van der Waals surface area contributed by atoms with Crippen molar-refractivity contribution >= 4 is 23.7 Å². The SMILES string of the molecule is CN1C(=O)c2ccc(C(=O)NC3CCN(c4ncccn4)CC3)cc2C1=O. The summed E-state index contributed by atoms with van der Waals surface area (Å²) in [5.41, 5.74) is 1.01. The van der Waals surface area contributed by atoms with Gasteiger partial charge in [0.25, 0.3) is 17.7 Å². The van der Waals surface area contributed by atoms with E-state index in [1.807, 2.05) is 0 Å². The van der Waals surface area contributed by atoms with E-state index in [1.54, 1.807) is 30.6 Å². The van der Waals surface area contributed by atoms with Gasteiger partial charge in [0.2, 0.25) is 5.95 Å². The van der Waals surface area contributed by atoms with Gasteiger partial charge >= 0.3 is 0 Å². The minimum atomic E-state index is -0.374. The molecule has 4 rings (SSSR count). The summed E-state index contributed by atoms with van der Waals surface area (Å²) in [6, 6.07) is 6.46. The van der Waals surface area contributed by atoms with E-state index in [9.17, 15) is 14.4 Å². The first-order valence-corrected chi connectivity index (χ1v) is 8.84. The summed E-state index contributed by atoms with van der Waals surface area (Å²) in [5, 5.41) is 3.02. The lowest BCUT2D eigenvalue weighted by Gasteiger charge is -2.32. The molecule has 138 valence electrons. The number of amides is 3. The van der Waals surface area contributed by atoms with Gasteiger partial charge in [-0.05, 0) is 37.1 Å². The van der Waals surface area contributed by atoms with E-state index in [0.717, 1.165) is 30.8 Å². The number of benzene rings is 1. The third-order valence-electron chi connectivity index (χ3n) is 5.02. The summed E-state index contributed by atoms with van der Waals surface area (Å²) < 4.78 is 0. The molecule has 0 saturated carbocycles. The average molecular weight is 365 g/mol. The molecule has 0 radical (unpaired) electrons. The highest BCUT2D eigenvalue weighted by molar-refractivity contribution is 6.21. The zero-order chi connectivity index (χ0) is 19.0. The maximum atomic E-state index is 12.6. The van der Waals surface area contributed by atoms with E-state index in [0.29, 0.717) is 17.1 Å². The molecule has 1 aromatic heterocycles. The van der Waals surface area contributed by atoms with Gasteiger partial charge in [-0.15, -0.1) is 0 Å². The zero-order valence-electron chi connectivity index (χ0n) is 14.9. The molecule has 3 heterocycles. The third-order valence-corrected chi connectivity index (χ3v) is 5.02. The first kappa shape index (κ1) is 17.1. The van der Waals surface area contributed by atoms with Crippen molar-refractivity contribution in [1.82, 2.24) is 20.2 Å². The van der Waals surface area contributed by atoms with Gasteiger partial charge in [-0.1, -0.05) is 0 Å². The van der Waals surface area contributed by atoms with Crippen molar-refractivity contribution in [1.29, 1.82) is 0 Å². The summed E-state index contributed by atoms with van der Waals surface area (Å²) in [6.45, 7) is 1.52. The molecule has 2 aliphatic rings. The Morgan fingerprint density at radius 3 is 2.44 bits per heavy atom. The second kappa shape index (κ2) is 6.79. The predicted molar refractivity (Wildman–Crippen MR) is 97.6 cm³/mol. The van der Waals surface area contributed by atoms with Gasteiger partial charge in [0, 0.05) is 44.1 Å². The first-order chi connectivity index (χ1) is 13.0. The maximum absolute atomic E-state index is 12.6. The summed E-state index contributed by atoms with van der Waals surface area (Å²) in [7, 11) is 1.44. The lowest BCUT2D eigenvalue weighted by molar-refractivity contribution is 0.0693. The number of imide groups is 1. The number of rotatable bonds is 3. The van der Waals surface area contributed by atoms with Crippen LogP contribution in [-0.2, 0) is 0 Å². The fourth-order valence-corrected chi connectivity index (χ4v) is 3.45. The molecule has 1 N–H and O–H groups in total. The van der Waals surface area contributed by atoms with Crippen LogP contribution in [0.15, 0.2) is 36.7 Å². The molecule has 2 aliphatic heterocycles. The van der Waals surface area contributed by atoms with Crippen molar-refractivity contribution in [3.05, 3.63) is 53.3 Å². The lowest BCUT2D eigenvalue weighted by Crippen LogP contribution is -2.45. The summed E-state index contributed by atoms with van der Waals surface area (Å²) in [6.07, 6.45) is 5.01. The maximum Gasteiger partial charge on any atom is 0.261 e. The molecule has 1 fully saturated rings. The largest absolute Gasteiger partial charge is 0.349 e. The zero-order valence-corrected chi connectivity index (χ0v) is 14.9. The Labute approximate surface area is 156 Å². The Kier molecular flexibility index (Phi) is 4.31. The second-order valence-electron chi connectivity index (χ2n) is 6.71. The molecule has 8 heteroatoms. The fourth-order valence-electron chi connectivity index (χ4n) is 3.45. The fraction of sp³-hybridized carbons (Fsp3) is 0.316. The molecule has 3 amide bonds. The molecule has 1 saturated heterocycles. The number of carbonyl (C=O) groups excluding carboxylic acids is 3. The van der Waals surface area contributed by atoms with Gasteiger partial charge in [0.05, 0.1) is 11.1 Å². The Bertz CT molecular complexity index is 907. The van der Waals surface area contributed by atoms with E-state index in [1.165, 1.54) is 13.1 Å². The molecule has 27 heavy (non-hydrogen) atoms. The van der Waals surface area contributed by atoms with E-state index in [2.05, 4.69) is 20.2 Å². The number of hydrogen-bond acceptors (Lipinski definition) is 6. The van der Waals surface area contributed by atoms with Crippen LogP contribution >= 0.6 is 0 Å². The topological polar surface area (TPSA) is 95.5 Å². The number of fused-ring (bicyclic) bond motifs is 1. The number of aromatic nitrogens is 2. The monoisotopic (exact) mass is 365 g/mol. The van der Waals surface area contributed by atoms with Crippen LogP contribution in [0.1, 0.15) is 43.9 Å². The minimum absolute atomic E-state index is 0.0470. The normalized spacial score (nSPS) is 17.2. The highest BCUT2D eigenvalue weighted by atomic mass is 16.2. The standard InChI is InChI=1S/C19H19N5O3/c1-23-17(26)14-4-3-12(11-15(14)18(23)27)16(25)22-13-5-9-24(10-6-13)19-20-7-2-8-21-19/h2-4,7-8,11,13H,5-6,9-10H2,1H3,(H,22,25). The van der Waals surface area contributed by atoms with Crippen molar-refractivity contribution in [2.24, 2.45) is 0 Å². The lowest BCUT2D eigenvalue weighted by atomic mass is 10.0. The quantitative estimate of drug-likeness (QED) is 0.819. The van der Waals surface area contributed by atoms with Crippen molar-refractivity contribution in [2.45, 2.75) is 18.9 Å². The predicted octanol–water partition coefficient (Wildman–Crippen LogP) is 1.10. The Morgan fingerprint density at radius 2 is 1.74 bits per heavy atom. The molecule has 0 spiro atoms. The van der Waals surface area contributed by atoms with Crippen molar-refractivity contribution in [3.63, 3.8) is 0 Å². The van der Waals surface area contributed by atoms with Crippen LogP contribution in [0.3, 0.4) is 0 Å². The number of piperidine rings is 1. The average Bonchev–Trinajstić information content (AvgIpc) is 2.93. The van der Waals surface area contributed by atoms with Crippen LogP contribution in [0.4, 0.5) is 5.95 Å². The molecule has 1 aromatic carbocycles. The summed E-state index contributed by atoms with van der Waals surface area (Å²) in [4.78, 5) is 48.3. The van der Waals surface area contributed by atoms with Crippen molar-refractivity contribution in [3.8, 4) is 0 Å². The first-order valence-electron chi connectivity index (χ1n) is 8.84. The van der Waals surface area contributed by atoms with Crippen molar-refractivity contribution < 1.29 is 14.4 Å². The van der Waals surface area contributed by atoms with Gasteiger partial charge in [-0.3, -0.25) is 19.3 Å². The van der Waals surface area contributed by atoms with E-state index in [4.69, 9.17) is 0 Å². The van der Waals surface area contributed by atoms with Crippen LogP contribution < -0.4 is 10.2 Å². The third kappa shape index (κ3) is 3.14. The van der Waals surface area contributed by atoms with Crippen LogP contribution in [0.2, 0.25) is 0 Å². The molecule has 2 aromatic rings. The summed E-state index contributed by atoms with van der Waals surface area (Å²) >= 11 is 0. The number of nitrogens with one attached hydrogen (secondary N) is 1. The van der Waals surface area contributed by atoms with Crippen LogP contribution in [0.25, 0.3) is 0 Å². The molecule has 0 atom stereocenters. The second-order valence-corrected chi connectivity index (χ2v) is 6.71. The summed E-state index contributed by atoms with van der Waals surface area (Å²) in [5.74, 6) is -0.242. The van der Waals surface area contributed by atoms with Crippen LogP contribution in [0, 0.1) is 0 Å². The number of carbonyl (C=O) groups is 3. The van der Waals surface area contributed by atoms with Crippen LogP contribution in [0.5, 0.6) is 0 Å². The molecule has 0 bridgehead atoms. The highest BCUT2D eigenvalue weighted by Gasteiger charge is 2.33. The molecular weight excluding hydrogens is 346 g/mol. The van der Waals surface area contributed by atoms with Gasteiger partial charge in [-0.2, -0.15) is 0 Å². The van der Waals surface area contributed by atoms with E-state index < -0.39 is 0 Å². The van der Waals surface area contributed by atoms with Gasteiger partial charge in [0.15, 0.2) is 0 Å². The number of anilines is 1. The van der Waals surface area contributed by atoms with E-state index in [-0.39, 0.29) is 29.3 Å². The Balaban J connectivity index is 1.40. The van der Waals surface area contributed by atoms with Crippen LogP contribution in [-0.4, -0.2) is 58.8 Å². The smallest absolute Gasteiger partial charge is 0.261 e. The number of nitrogens with zero attached hydrogens (tertiary/aromatic N) is 4. The van der Waals surface area contributed by atoms with Gasteiger partial charge in [0.1, 0.15) is 0 Å². The van der Waals surface area contributed by atoms with Gasteiger partial charge in [-0.25, -0.2) is 9.97 Å². The van der Waals surface area contributed by atoms with E-state index >= 15 is 0 Å². The molecule has 0 aliphatic carbocycles. The van der Waals surface area contributed by atoms with Gasteiger partial charge < -0.3 is 10.2 Å². The Hall–Kier alpha value is -3.29. The molecular formula is C19H19N5O3. The minimum Gasteiger partial charge on any atom is -0.349 e. The van der Waals surface area contributed by atoms with Crippen molar-refractivity contribution in [2.75, 3.05) is 25.0 Å².